The van der Waals surface area contributed by atoms with Crippen molar-refractivity contribution in [1.29, 1.82) is 0 Å². The van der Waals surface area contributed by atoms with Crippen LogP contribution >= 0.6 is 0 Å². The second-order valence-corrected chi connectivity index (χ2v) is 7.79. The van der Waals surface area contributed by atoms with Crippen molar-refractivity contribution >= 4 is 11.6 Å². The Morgan fingerprint density at radius 3 is 2.23 bits per heavy atom. The van der Waals surface area contributed by atoms with E-state index in [1.54, 1.807) is 6.92 Å². The van der Waals surface area contributed by atoms with E-state index in [2.05, 4.69) is 13.0 Å². The van der Waals surface area contributed by atoms with E-state index in [4.69, 9.17) is 0 Å². The van der Waals surface area contributed by atoms with E-state index < -0.39 is 48.5 Å². The van der Waals surface area contributed by atoms with Crippen LogP contribution in [-0.2, 0) is 9.59 Å². The molecule has 1 aliphatic carbocycles. The lowest BCUT2D eigenvalue weighted by molar-refractivity contribution is -0.141. The van der Waals surface area contributed by atoms with Gasteiger partial charge in [-0.3, -0.25) is 9.59 Å². The van der Waals surface area contributed by atoms with Crippen LogP contribution in [-0.4, -0.2) is 57.4 Å². The third-order valence-corrected chi connectivity index (χ3v) is 5.95. The summed E-state index contributed by atoms with van der Waals surface area (Å²) in [4.78, 5) is 24.3. The number of carbonyl (C=O) groups is 2. The number of ketones is 2. The smallest absolute Gasteiger partial charge is 0.148 e. The van der Waals surface area contributed by atoms with Crippen LogP contribution in [0.15, 0.2) is 12.2 Å². The Balaban J connectivity index is 2.88. The Hall–Kier alpha value is -1.08. The fourth-order valence-corrected chi connectivity index (χ4v) is 3.98. The van der Waals surface area contributed by atoms with Gasteiger partial charge in [0.15, 0.2) is 0 Å². The van der Waals surface area contributed by atoms with Gasteiger partial charge in [0.1, 0.15) is 11.6 Å². The number of hydrogen-bond donors (Lipinski definition) is 4. The lowest BCUT2D eigenvalue weighted by Gasteiger charge is -2.30. The number of Topliss-reactive ketones (excluding diaryl/α,β-unsaturated/α-hetero) is 2. The van der Waals surface area contributed by atoms with Crippen molar-refractivity contribution in [3.63, 3.8) is 0 Å². The van der Waals surface area contributed by atoms with E-state index >= 15 is 0 Å². The Labute approximate surface area is 155 Å². The fraction of sp³-hybridized carbons (Fsp3) is 0.800. The van der Waals surface area contributed by atoms with Crippen molar-refractivity contribution in [3.8, 4) is 0 Å². The van der Waals surface area contributed by atoms with Gasteiger partial charge in [0.25, 0.3) is 0 Å². The quantitative estimate of drug-likeness (QED) is 0.383. The molecule has 0 aromatic rings. The molecular formula is C20H34O6. The molecule has 0 aromatic heterocycles. The van der Waals surface area contributed by atoms with E-state index in [-0.39, 0.29) is 30.5 Å². The number of rotatable bonds is 12. The molecule has 0 amide bonds. The van der Waals surface area contributed by atoms with Crippen LogP contribution in [0.2, 0.25) is 0 Å². The number of allylic oxidation sites excluding steroid dienone is 2. The molecule has 0 spiro atoms. The van der Waals surface area contributed by atoms with Gasteiger partial charge in [-0.15, -0.1) is 0 Å². The molecule has 1 aliphatic rings. The van der Waals surface area contributed by atoms with Gasteiger partial charge in [-0.1, -0.05) is 32.9 Å². The molecule has 1 fully saturated rings. The van der Waals surface area contributed by atoms with Crippen LogP contribution < -0.4 is 0 Å². The van der Waals surface area contributed by atoms with Gasteiger partial charge in [0.2, 0.25) is 0 Å². The number of aliphatic hydroxyl groups excluding tert-OH is 4. The molecule has 6 heteroatoms. The minimum absolute atomic E-state index is 0.203. The summed E-state index contributed by atoms with van der Waals surface area (Å²) in [5.41, 5.74) is -0.494. The number of carbonyl (C=O) groups excluding carboxylic acids is 2. The van der Waals surface area contributed by atoms with Gasteiger partial charge < -0.3 is 20.4 Å². The molecule has 0 aliphatic heterocycles. The van der Waals surface area contributed by atoms with Crippen molar-refractivity contribution in [2.45, 2.75) is 59.2 Å². The van der Waals surface area contributed by atoms with E-state index in [1.165, 1.54) is 0 Å². The molecule has 0 saturated heterocycles. The van der Waals surface area contributed by atoms with Gasteiger partial charge >= 0.3 is 0 Å². The molecule has 1 saturated carbocycles. The monoisotopic (exact) mass is 370 g/mol. The highest BCUT2D eigenvalue weighted by Crippen LogP contribution is 2.60. The topological polar surface area (TPSA) is 115 Å². The molecule has 1 unspecified atom stereocenters. The molecule has 6 nitrogen and oxygen atoms in total. The Morgan fingerprint density at radius 1 is 1.19 bits per heavy atom. The van der Waals surface area contributed by atoms with E-state index in [0.717, 1.165) is 6.42 Å². The molecule has 150 valence electrons. The van der Waals surface area contributed by atoms with Crippen LogP contribution in [0.1, 0.15) is 47.0 Å². The minimum atomic E-state index is -1.31. The van der Waals surface area contributed by atoms with E-state index in [9.17, 15) is 30.0 Å². The second kappa shape index (κ2) is 9.74. The van der Waals surface area contributed by atoms with Crippen molar-refractivity contribution < 1.29 is 30.0 Å². The number of hydrogen-bond acceptors (Lipinski definition) is 6. The van der Waals surface area contributed by atoms with Gasteiger partial charge in [0, 0.05) is 12.8 Å². The first-order chi connectivity index (χ1) is 12.2. The summed E-state index contributed by atoms with van der Waals surface area (Å²) in [5.74, 6) is -2.63. The molecule has 1 rings (SSSR count). The maximum absolute atomic E-state index is 12.8. The zero-order valence-electron chi connectivity index (χ0n) is 16.3. The molecule has 0 radical (unpaired) electrons. The highest BCUT2D eigenvalue weighted by atomic mass is 16.3. The average molecular weight is 370 g/mol. The highest BCUT2D eigenvalue weighted by Gasteiger charge is 2.59. The van der Waals surface area contributed by atoms with Gasteiger partial charge in [-0.25, -0.2) is 0 Å². The Kier molecular flexibility index (Phi) is 8.60. The zero-order chi connectivity index (χ0) is 20.1. The van der Waals surface area contributed by atoms with E-state index in [0.29, 0.717) is 0 Å². The van der Waals surface area contributed by atoms with Crippen molar-refractivity contribution in [2.24, 2.45) is 29.1 Å². The molecular weight excluding hydrogens is 336 g/mol. The van der Waals surface area contributed by atoms with Crippen molar-refractivity contribution in [2.75, 3.05) is 13.2 Å². The molecule has 26 heavy (non-hydrogen) atoms. The summed E-state index contributed by atoms with van der Waals surface area (Å²) in [6, 6.07) is 0. The van der Waals surface area contributed by atoms with E-state index in [1.807, 2.05) is 19.9 Å². The lowest BCUT2D eigenvalue weighted by atomic mass is 9.78. The summed E-state index contributed by atoms with van der Waals surface area (Å²) in [5, 5.41) is 40.2. The maximum atomic E-state index is 12.8. The molecule has 0 bridgehead atoms. The summed E-state index contributed by atoms with van der Waals surface area (Å²) in [6.45, 7) is 6.33. The van der Waals surface area contributed by atoms with Crippen molar-refractivity contribution in [3.05, 3.63) is 12.2 Å². The Morgan fingerprint density at radius 2 is 1.77 bits per heavy atom. The van der Waals surface area contributed by atoms with Crippen LogP contribution in [0.5, 0.6) is 0 Å². The van der Waals surface area contributed by atoms with Gasteiger partial charge in [-0.05, 0) is 30.6 Å². The second-order valence-electron chi connectivity index (χ2n) is 7.79. The Bertz CT molecular complexity index is 516. The molecule has 4 N–H and O–H groups in total. The third kappa shape index (κ3) is 5.00. The van der Waals surface area contributed by atoms with Gasteiger partial charge in [-0.2, -0.15) is 0 Å². The summed E-state index contributed by atoms with van der Waals surface area (Å²) >= 11 is 0. The van der Waals surface area contributed by atoms with Crippen LogP contribution in [0.25, 0.3) is 0 Å². The zero-order valence-corrected chi connectivity index (χ0v) is 16.3. The molecule has 0 aromatic carbocycles. The van der Waals surface area contributed by atoms with Crippen LogP contribution in [0.4, 0.5) is 0 Å². The SMILES string of the molecule is C/C=C\[C@H](C)[C@H]1CC1(C)[C@@H](O)[C@@H](CO)C(=O)[C@H](CO)[C@@H](O)CC(=O)CC. The average Bonchev–Trinajstić information content (AvgIpc) is 3.29. The normalized spacial score (nSPS) is 28.4. The minimum Gasteiger partial charge on any atom is -0.396 e. The van der Waals surface area contributed by atoms with Gasteiger partial charge in [0.05, 0.1) is 37.3 Å². The predicted molar refractivity (Wildman–Crippen MR) is 98.3 cm³/mol. The fourth-order valence-electron chi connectivity index (χ4n) is 3.98. The maximum Gasteiger partial charge on any atom is 0.148 e. The lowest BCUT2D eigenvalue weighted by Crippen LogP contribution is -2.45. The highest BCUT2D eigenvalue weighted by molar-refractivity contribution is 5.86. The predicted octanol–water partition coefficient (Wildman–Crippen LogP) is 1.10. The standard InChI is InChI=1S/C20H34O6/c1-5-7-12(3)16-9-20(16,4)19(26)15(11-22)18(25)14(10-21)17(24)8-13(23)6-2/h5,7,12,14-17,19,21-22,24,26H,6,8-11H2,1-4H3/b7-5-/t12-,14+,15-,16+,17-,19-,20?/m0/s1. The van der Waals surface area contributed by atoms with Crippen LogP contribution in [0, 0.1) is 29.1 Å². The number of aliphatic hydroxyl groups is 4. The third-order valence-electron chi connectivity index (χ3n) is 5.95. The summed E-state index contributed by atoms with van der Waals surface area (Å²) in [7, 11) is 0. The molecule has 0 heterocycles. The summed E-state index contributed by atoms with van der Waals surface area (Å²) < 4.78 is 0. The van der Waals surface area contributed by atoms with Crippen molar-refractivity contribution in [1.82, 2.24) is 0 Å². The first-order valence-electron chi connectivity index (χ1n) is 9.43. The summed E-state index contributed by atoms with van der Waals surface area (Å²) in [6.07, 6.45) is 2.37. The first kappa shape index (κ1) is 23.0. The first-order valence-corrected chi connectivity index (χ1v) is 9.43. The molecule has 7 atom stereocenters. The van der Waals surface area contributed by atoms with Crippen LogP contribution in [0.3, 0.4) is 0 Å². The largest absolute Gasteiger partial charge is 0.396 e.